The molecule has 5 heteroatoms. The van der Waals surface area contributed by atoms with Gasteiger partial charge in [0.2, 0.25) is 5.91 Å². The molecule has 5 nitrogen and oxygen atoms in total. The van der Waals surface area contributed by atoms with Crippen molar-refractivity contribution in [1.29, 1.82) is 0 Å². The lowest BCUT2D eigenvalue weighted by Crippen LogP contribution is -2.55. The maximum Gasteiger partial charge on any atom is 0.233 e. The minimum Gasteiger partial charge on any atom is -0.497 e. The van der Waals surface area contributed by atoms with Crippen LogP contribution in [0, 0.1) is 5.92 Å². The number of carbonyl (C=O) groups excluding carboxylic acids is 1. The third-order valence-corrected chi connectivity index (χ3v) is 5.63. The first kappa shape index (κ1) is 21.7. The predicted molar refractivity (Wildman–Crippen MR) is 126 cm³/mol. The average Bonchev–Trinajstić information content (AvgIpc) is 2.85. The Hall–Kier alpha value is -3.57. The number of allylic oxidation sites excluding steroid dienone is 1. The molecule has 0 radical (unpaired) electrons. The van der Waals surface area contributed by atoms with Crippen LogP contribution in [-0.2, 0) is 9.53 Å². The number of ether oxygens (including phenoxy) is 3. The molecule has 0 saturated carbocycles. The van der Waals surface area contributed by atoms with Crippen molar-refractivity contribution in [1.82, 2.24) is 0 Å². The molecule has 164 valence electrons. The first-order chi connectivity index (χ1) is 15.7. The summed E-state index contributed by atoms with van der Waals surface area (Å²) in [5.41, 5.74) is 3.08. The number of benzene rings is 3. The Morgan fingerprint density at radius 2 is 1.56 bits per heavy atom. The average molecular weight is 430 g/mol. The van der Waals surface area contributed by atoms with Crippen molar-refractivity contribution in [2.45, 2.75) is 12.5 Å². The molecule has 0 aromatic heterocycles. The molecule has 3 aromatic carbocycles. The van der Waals surface area contributed by atoms with Crippen LogP contribution in [0.2, 0.25) is 0 Å². The lowest BCUT2D eigenvalue weighted by atomic mass is 9.79. The number of hydrogen-bond donors (Lipinski definition) is 0. The Kier molecular flexibility index (Phi) is 6.87. The highest BCUT2D eigenvalue weighted by atomic mass is 16.7. The van der Waals surface area contributed by atoms with Gasteiger partial charge in [-0.2, -0.15) is 0 Å². The summed E-state index contributed by atoms with van der Waals surface area (Å²) in [6.07, 6.45) is 4.79. The van der Waals surface area contributed by atoms with Crippen LogP contribution < -0.4 is 14.4 Å². The van der Waals surface area contributed by atoms with Crippen LogP contribution in [0.15, 0.2) is 84.9 Å². The number of methoxy groups -OCH3 is 2. The molecule has 1 aliphatic rings. The fourth-order valence-electron chi connectivity index (χ4n) is 3.99. The van der Waals surface area contributed by atoms with Crippen LogP contribution in [0.4, 0.5) is 5.69 Å². The van der Waals surface area contributed by atoms with Crippen LogP contribution >= 0.6 is 0 Å². The molecular formula is C27H27NO4. The van der Waals surface area contributed by atoms with E-state index in [1.807, 2.05) is 89.8 Å². The molecule has 0 bridgehead atoms. The van der Waals surface area contributed by atoms with Gasteiger partial charge in [-0.05, 0) is 53.9 Å². The van der Waals surface area contributed by atoms with Gasteiger partial charge in [-0.15, -0.1) is 0 Å². The number of carbonyl (C=O) groups is 1. The monoisotopic (exact) mass is 429 g/mol. The summed E-state index contributed by atoms with van der Waals surface area (Å²) in [6.45, 7) is 0.226. The van der Waals surface area contributed by atoms with Gasteiger partial charge in [-0.25, -0.2) is 0 Å². The van der Waals surface area contributed by atoms with Crippen LogP contribution in [0.5, 0.6) is 11.5 Å². The Labute approximate surface area is 188 Å². The number of rotatable bonds is 9. The van der Waals surface area contributed by atoms with Crippen molar-refractivity contribution >= 4 is 17.7 Å². The van der Waals surface area contributed by atoms with E-state index in [4.69, 9.17) is 14.2 Å². The summed E-state index contributed by atoms with van der Waals surface area (Å²) < 4.78 is 15.6. The van der Waals surface area contributed by atoms with Gasteiger partial charge >= 0.3 is 0 Å². The van der Waals surface area contributed by atoms with Crippen LogP contribution in [0.1, 0.15) is 23.6 Å². The van der Waals surface area contributed by atoms with Gasteiger partial charge in [0.25, 0.3) is 0 Å². The van der Waals surface area contributed by atoms with E-state index in [1.54, 1.807) is 14.2 Å². The Bertz CT molecular complexity index is 1050. The summed E-state index contributed by atoms with van der Waals surface area (Å²) in [4.78, 5) is 15.0. The van der Waals surface area contributed by atoms with Gasteiger partial charge < -0.3 is 19.1 Å². The fraction of sp³-hybridized carbons (Fsp3) is 0.222. The third kappa shape index (κ3) is 4.68. The highest BCUT2D eigenvalue weighted by Crippen LogP contribution is 2.45. The fourth-order valence-corrected chi connectivity index (χ4v) is 3.99. The van der Waals surface area contributed by atoms with E-state index in [9.17, 15) is 4.79 Å². The van der Waals surface area contributed by atoms with Crippen LogP contribution in [-0.4, -0.2) is 26.9 Å². The standard InChI is InChI=1S/C27H27NO4/c1-30-19-32-24-15-11-20(12-16-24)7-6-10-25-26(21-13-17-23(31-2)18-14-21)28(27(25)29)22-8-4-3-5-9-22/h3-9,11-18,25-26H,10,19H2,1-2H3/b7-6+/t25-,26-/m1/s1. The molecule has 1 amide bonds. The van der Waals surface area contributed by atoms with Crippen molar-refractivity contribution in [3.8, 4) is 11.5 Å². The van der Waals surface area contributed by atoms with Crippen molar-refractivity contribution in [3.63, 3.8) is 0 Å². The quantitative estimate of drug-likeness (QED) is 0.334. The van der Waals surface area contributed by atoms with Crippen molar-refractivity contribution in [2.24, 2.45) is 5.92 Å². The molecule has 1 saturated heterocycles. The lowest BCUT2D eigenvalue weighted by Gasteiger charge is -2.47. The zero-order valence-corrected chi connectivity index (χ0v) is 18.3. The highest BCUT2D eigenvalue weighted by Gasteiger charge is 2.47. The van der Waals surface area contributed by atoms with Gasteiger partial charge in [0, 0.05) is 12.8 Å². The SMILES string of the molecule is COCOc1ccc(/C=C/C[C@H]2C(=O)N(c3ccccc3)[C@@H]2c2ccc(OC)cc2)cc1. The first-order valence-electron chi connectivity index (χ1n) is 10.6. The maximum atomic E-state index is 13.1. The molecular weight excluding hydrogens is 402 g/mol. The first-order valence-corrected chi connectivity index (χ1v) is 10.6. The van der Waals surface area contributed by atoms with Gasteiger partial charge in [-0.1, -0.05) is 54.6 Å². The number of hydrogen-bond acceptors (Lipinski definition) is 4. The molecule has 0 N–H and O–H groups in total. The molecule has 0 spiro atoms. The van der Waals surface area contributed by atoms with E-state index in [0.717, 1.165) is 28.3 Å². The summed E-state index contributed by atoms with van der Waals surface area (Å²) in [6, 6.07) is 25.6. The summed E-state index contributed by atoms with van der Waals surface area (Å²) >= 11 is 0. The number of nitrogens with zero attached hydrogens (tertiary/aromatic N) is 1. The molecule has 4 rings (SSSR count). The van der Waals surface area contributed by atoms with Crippen LogP contribution in [0.25, 0.3) is 6.08 Å². The Balaban J connectivity index is 1.49. The molecule has 32 heavy (non-hydrogen) atoms. The maximum absolute atomic E-state index is 13.1. The zero-order valence-electron chi connectivity index (χ0n) is 18.3. The smallest absolute Gasteiger partial charge is 0.233 e. The number of amides is 1. The summed E-state index contributed by atoms with van der Waals surface area (Å²) in [5.74, 6) is 1.60. The van der Waals surface area contributed by atoms with E-state index in [2.05, 4.69) is 6.08 Å². The van der Waals surface area contributed by atoms with E-state index in [1.165, 1.54) is 0 Å². The van der Waals surface area contributed by atoms with Gasteiger partial charge in [0.05, 0.1) is 19.1 Å². The zero-order chi connectivity index (χ0) is 22.3. The molecule has 1 aliphatic heterocycles. The number of para-hydroxylation sites is 1. The molecule has 2 atom stereocenters. The number of β-lactam (4-membered cyclic amide) rings is 1. The Morgan fingerprint density at radius 1 is 0.875 bits per heavy atom. The molecule has 3 aromatic rings. The lowest BCUT2D eigenvalue weighted by molar-refractivity contribution is -0.130. The van der Waals surface area contributed by atoms with E-state index in [-0.39, 0.29) is 24.7 Å². The van der Waals surface area contributed by atoms with Gasteiger partial charge in [0.15, 0.2) is 6.79 Å². The summed E-state index contributed by atoms with van der Waals surface area (Å²) in [7, 11) is 3.25. The minimum absolute atomic E-state index is 0.00900. The highest BCUT2D eigenvalue weighted by molar-refractivity contribution is 6.03. The second-order valence-corrected chi connectivity index (χ2v) is 7.63. The molecule has 1 fully saturated rings. The van der Waals surface area contributed by atoms with Gasteiger partial charge in [-0.3, -0.25) is 4.79 Å². The third-order valence-electron chi connectivity index (χ3n) is 5.63. The van der Waals surface area contributed by atoms with E-state index in [0.29, 0.717) is 6.42 Å². The molecule has 0 aliphatic carbocycles. The second-order valence-electron chi connectivity index (χ2n) is 7.63. The second kappa shape index (κ2) is 10.2. The predicted octanol–water partition coefficient (Wildman–Crippen LogP) is 5.49. The van der Waals surface area contributed by atoms with Crippen molar-refractivity contribution < 1.29 is 19.0 Å². The van der Waals surface area contributed by atoms with Crippen molar-refractivity contribution in [3.05, 3.63) is 96.1 Å². The topological polar surface area (TPSA) is 48.0 Å². The van der Waals surface area contributed by atoms with E-state index < -0.39 is 0 Å². The minimum atomic E-state index is -0.107. The van der Waals surface area contributed by atoms with Gasteiger partial charge in [0.1, 0.15) is 11.5 Å². The molecule has 0 unspecified atom stereocenters. The largest absolute Gasteiger partial charge is 0.497 e. The summed E-state index contributed by atoms with van der Waals surface area (Å²) in [5, 5.41) is 0. The van der Waals surface area contributed by atoms with Crippen LogP contribution in [0.3, 0.4) is 0 Å². The molecule has 1 heterocycles. The Morgan fingerprint density at radius 3 is 2.22 bits per heavy atom. The van der Waals surface area contributed by atoms with E-state index >= 15 is 0 Å². The number of anilines is 1. The normalized spacial score (nSPS) is 17.9. The van der Waals surface area contributed by atoms with Crippen molar-refractivity contribution in [2.75, 3.05) is 25.9 Å².